The molecule has 0 radical (unpaired) electrons. The molecule has 1 saturated heterocycles. The molecule has 10 heteroatoms. The lowest BCUT2D eigenvalue weighted by Crippen LogP contribution is -2.35. The summed E-state index contributed by atoms with van der Waals surface area (Å²) in [5.41, 5.74) is 0.563. The van der Waals surface area contributed by atoms with Crippen LogP contribution in [0.1, 0.15) is 17.2 Å². The molecule has 8 nitrogen and oxygen atoms in total. The second kappa shape index (κ2) is 10.5. The topological polar surface area (TPSA) is 88.5 Å². The van der Waals surface area contributed by atoms with Gasteiger partial charge in [0.15, 0.2) is 11.5 Å². The molecule has 1 aliphatic heterocycles. The van der Waals surface area contributed by atoms with E-state index in [9.17, 15) is 14.7 Å². The molecule has 2 aromatic carbocycles. The number of hydrogen-bond acceptors (Lipinski definition) is 7. The van der Waals surface area contributed by atoms with Crippen LogP contribution in [0.5, 0.6) is 17.2 Å². The number of aliphatic hydroxyl groups is 1. The monoisotopic (exact) mass is 508 g/mol. The second-order valence-electron chi connectivity index (χ2n) is 7.86. The van der Waals surface area contributed by atoms with Gasteiger partial charge in [-0.05, 0) is 37.9 Å². The highest BCUT2D eigenvalue weighted by Crippen LogP contribution is 2.47. The molecule has 1 N–H and O–H groups in total. The third-order valence-corrected chi connectivity index (χ3v) is 6.16. The van der Waals surface area contributed by atoms with Gasteiger partial charge >= 0.3 is 0 Å². The highest BCUT2D eigenvalue weighted by molar-refractivity contribution is 6.47. The van der Waals surface area contributed by atoms with E-state index in [1.54, 1.807) is 24.3 Å². The number of likely N-dealkylation sites (tertiary alicyclic amines) is 1. The minimum Gasteiger partial charge on any atom is -0.507 e. The van der Waals surface area contributed by atoms with Crippen molar-refractivity contribution >= 4 is 40.7 Å². The Balaban J connectivity index is 2.28. The first-order valence-corrected chi connectivity index (χ1v) is 11.1. The van der Waals surface area contributed by atoms with Gasteiger partial charge in [0.05, 0.1) is 43.5 Å². The van der Waals surface area contributed by atoms with Crippen LogP contribution in [0.3, 0.4) is 0 Å². The number of ketones is 1. The molecular formula is C24H26Cl2N2O6. The molecule has 1 unspecified atom stereocenters. The first-order chi connectivity index (χ1) is 16.2. The summed E-state index contributed by atoms with van der Waals surface area (Å²) in [6, 6.07) is 7.51. The van der Waals surface area contributed by atoms with E-state index in [4.69, 9.17) is 37.4 Å². The van der Waals surface area contributed by atoms with Crippen molar-refractivity contribution in [2.75, 3.05) is 48.5 Å². The maximum absolute atomic E-state index is 13.2. The number of likely N-dealkylation sites (N-methyl/N-ethyl adjacent to an activating group) is 1. The molecule has 0 bridgehead atoms. The summed E-state index contributed by atoms with van der Waals surface area (Å²) < 4.78 is 15.9. The van der Waals surface area contributed by atoms with Crippen molar-refractivity contribution in [2.24, 2.45) is 0 Å². The van der Waals surface area contributed by atoms with Gasteiger partial charge in [0.25, 0.3) is 11.7 Å². The number of halogens is 2. The smallest absolute Gasteiger partial charge is 0.295 e. The minimum atomic E-state index is -0.862. The SMILES string of the molecule is COc1cccc(C2/C(=C(\O)c3cc(Cl)c(OC)c(Cl)c3OC)C(=O)C(=O)N2CCN(C)C)c1. The molecule has 0 spiro atoms. The van der Waals surface area contributed by atoms with E-state index in [1.807, 2.05) is 19.0 Å². The number of amides is 1. The molecule has 1 fully saturated rings. The standard InChI is InChI=1S/C24H26Cl2N2O6/c1-27(2)9-10-28-19(13-7-6-8-14(11-13)32-3)17(21(30)24(28)31)20(29)15-12-16(25)23(34-5)18(26)22(15)33-4/h6-8,11-12,19,29H,9-10H2,1-5H3/b20-17+. The van der Waals surface area contributed by atoms with Crippen LogP contribution in [0.15, 0.2) is 35.9 Å². The summed E-state index contributed by atoms with van der Waals surface area (Å²) in [7, 11) is 8.01. The van der Waals surface area contributed by atoms with Gasteiger partial charge in [0.2, 0.25) is 0 Å². The van der Waals surface area contributed by atoms with Crippen molar-refractivity contribution in [1.29, 1.82) is 0 Å². The lowest BCUT2D eigenvalue weighted by molar-refractivity contribution is -0.140. The first-order valence-electron chi connectivity index (χ1n) is 10.3. The first kappa shape index (κ1) is 25.7. The van der Waals surface area contributed by atoms with Gasteiger partial charge in [-0.3, -0.25) is 9.59 Å². The van der Waals surface area contributed by atoms with Crippen LogP contribution in [0.4, 0.5) is 0 Å². The summed E-state index contributed by atoms with van der Waals surface area (Å²) in [4.78, 5) is 29.6. The number of benzene rings is 2. The van der Waals surface area contributed by atoms with Crippen molar-refractivity contribution in [3.05, 3.63) is 57.1 Å². The van der Waals surface area contributed by atoms with Crippen LogP contribution in [0, 0.1) is 0 Å². The van der Waals surface area contributed by atoms with E-state index in [0.717, 1.165) is 0 Å². The Morgan fingerprint density at radius 1 is 1.06 bits per heavy atom. The molecule has 1 amide bonds. The number of aliphatic hydroxyl groups excluding tert-OH is 1. The Labute approximate surface area is 208 Å². The lowest BCUT2D eigenvalue weighted by Gasteiger charge is -2.27. The predicted octanol–water partition coefficient (Wildman–Crippen LogP) is 4.00. The number of carbonyl (C=O) groups is 2. The van der Waals surface area contributed by atoms with Crippen molar-refractivity contribution in [3.63, 3.8) is 0 Å². The number of nitrogens with zero attached hydrogens (tertiary/aromatic N) is 2. The molecule has 1 heterocycles. The quantitative estimate of drug-likeness (QED) is 0.327. The van der Waals surface area contributed by atoms with Crippen LogP contribution >= 0.6 is 23.2 Å². The molecule has 1 atom stereocenters. The zero-order valence-electron chi connectivity index (χ0n) is 19.5. The highest BCUT2D eigenvalue weighted by atomic mass is 35.5. The van der Waals surface area contributed by atoms with Gasteiger partial charge in [0, 0.05) is 13.1 Å². The Morgan fingerprint density at radius 2 is 1.74 bits per heavy atom. The van der Waals surface area contributed by atoms with Gasteiger partial charge in [0.1, 0.15) is 16.5 Å². The molecule has 0 saturated carbocycles. The number of ether oxygens (including phenoxy) is 3. The molecule has 34 heavy (non-hydrogen) atoms. The molecule has 0 aliphatic carbocycles. The summed E-state index contributed by atoms with van der Waals surface area (Å²) in [6.45, 7) is 0.772. The average molecular weight is 509 g/mol. The normalized spacial score (nSPS) is 17.4. The Hall–Kier alpha value is -2.94. The fourth-order valence-corrected chi connectivity index (χ4v) is 4.56. The minimum absolute atomic E-state index is 0.0267. The van der Waals surface area contributed by atoms with E-state index in [-0.39, 0.29) is 39.2 Å². The Morgan fingerprint density at radius 3 is 2.32 bits per heavy atom. The molecule has 2 aromatic rings. The summed E-state index contributed by atoms with van der Waals surface area (Å²) in [5, 5.41) is 11.5. The maximum Gasteiger partial charge on any atom is 0.295 e. The van der Waals surface area contributed by atoms with E-state index in [2.05, 4.69) is 0 Å². The van der Waals surface area contributed by atoms with Crippen LogP contribution < -0.4 is 14.2 Å². The molecule has 3 rings (SSSR count). The molecule has 0 aromatic heterocycles. The zero-order valence-corrected chi connectivity index (χ0v) is 21.0. The van der Waals surface area contributed by atoms with Crippen molar-refractivity contribution in [3.8, 4) is 17.2 Å². The third kappa shape index (κ3) is 4.66. The van der Waals surface area contributed by atoms with Gasteiger partial charge in [-0.2, -0.15) is 0 Å². The van der Waals surface area contributed by atoms with Crippen LogP contribution in [-0.2, 0) is 9.59 Å². The van der Waals surface area contributed by atoms with Gasteiger partial charge < -0.3 is 29.1 Å². The number of rotatable bonds is 8. The van der Waals surface area contributed by atoms with Crippen molar-refractivity contribution < 1.29 is 28.9 Å². The van der Waals surface area contributed by atoms with E-state index < -0.39 is 23.5 Å². The third-order valence-electron chi connectivity index (χ3n) is 5.53. The number of methoxy groups -OCH3 is 3. The van der Waals surface area contributed by atoms with Crippen LogP contribution in [-0.4, -0.2) is 75.1 Å². The molecular weight excluding hydrogens is 483 g/mol. The fourth-order valence-electron chi connectivity index (χ4n) is 3.87. The number of Topliss-reactive ketones (excluding diaryl/α,β-unsaturated/α-hetero) is 1. The highest BCUT2D eigenvalue weighted by Gasteiger charge is 2.46. The summed E-state index contributed by atoms with van der Waals surface area (Å²) in [5.74, 6) is -1.24. The molecule has 1 aliphatic rings. The van der Waals surface area contributed by atoms with Gasteiger partial charge in [-0.25, -0.2) is 0 Å². The van der Waals surface area contributed by atoms with E-state index >= 15 is 0 Å². The fraction of sp³-hybridized carbons (Fsp3) is 0.333. The zero-order chi connectivity index (χ0) is 25.2. The van der Waals surface area contributed by atoms with Crippen LogP contribution in [0.2, 0.25) is 10.0 Å². The summed E-state index contributed by atoms with van der Waals surface area (Å²) >= 11 is 12.7. The largest absolute Gasteiger partial charge is 0.507 e. The lowest BCUT2D eigenvalue weighted by atomic mass is 9.94. The predicted molar refractivity (Wildman–Crippen MR) is 130 cm³/mol. The number of hydrogen-bond donors (Lipinski definition) is 1. The van der Waals surface area contributed by atoms with E-state index in [1.165, 1.54) is 32.3 Å². The number of carbonyl (C=O) groups excluding carboxylic acids is 2. The Bertz CT molecular complexity index is 1150. The van der Waals surface area contributed by atoms with Crippen LogP contribution in [0.25, 0.3) is 5.76 Å². The molecule has 182 valence electrons. The van der Waals surface area contributed by atoms with Crippen molar-refractivity contribution in [1.82, 2.24) is 9.80 Å². The summed E-state index contributed by atoms with van der Waals surface area (Å²) in [6.07, 6.45) is 0. The van der Waals surface area contributed by atoms with Gasteiger partial charge in [-0.1, -0.05) is 35.3 Å². The Kier molecular flexibility index (Phi) is 7.97. The second-order valence-corrected chi connectivity index (χ2v) is 8.64. The van der Waals surface area contributed by atoms with E-state index in [0.29, 0.717) is 17.9 Å². The van der Waals surface area contributed by atoms with Gasteiger partial charge in [-0.15, -0.1) is 0 Å². The maximum atomic E-state index is 13.2. The average Bonchev–Trinajstić information content (AvgIpc) is 3.07. The van der Waals surface area contributed by atoms with Crippen molar-refractivity contribution in [2.45, 2.75) is 6.04 Å².